The van der Waals surface area contributed by atoms with E-state index in [-0.39, 0.29) is 0 Å². The van der Waals surface area contributed by atoms with Crippen LogP contribution in [0, 0.1) is 3.70 Å². The maximum Gasteiger partial charge on any atom is 0.129 e. The number of aliphatic hydroxyl groups is 1. The van der Waals surface area contributed by atoms with Crippen molar-refractivity contribution in [2.75, 3.05) is 0 Å². The third kappa shape index (κ3) is 2.09. The van der Waals surface area contributed by atoms with Gasteiger partial charge in [-0.2, -0.15) is 5.10 Å². The first kappa shape index (κ1) is 11.5. The summed E-state index contributed by atoms with van der Waals surface area (Å²) in [6.45, 7) is 2.71. The molecule has 0 spiro atoms. The molecule has 0 saturated heterocycles. The van der Waals surface area contributed by atoms with E-state index in [1.54, 1.807) is 21.8 Å². The Hall–Kier alpha value is -0.960. The molecule has 0 amide bonds. The van der Waals surface area contributed by atoms with E-state index in [0.29, 0.717) is 5.69 Å². The van der Waals surface area contributed by atoms with Crippen LogP contribution >= 0.6 is 22.6 Å². The second kappa shape index (κ2) is 4.50. The average Bonchev–Trinajstić information content (AvgIpc) is 2.84. The zero-order valence-electron chi connectivity index (χ0n) is 9.00. The van der Waals surface area contributed by atoms with Crippen LogP contribution < -0.4 is 0 Å². The number of aliphatic hydroxyl groups excluding tert-OH is 1. The van der Waals surface area contributed by atoms with E-state index in [0.717, 1.165) is 15.8 Å². The minimum atomic E-state index is -0.763. The molecule has 1 N–H and O–H groups in total. The van der Waals surface area contributed by atoms with Crippen molar-refractivity contribution in [3.63, 3.8) is 0 Å². The minimum Gasteiger partial charge on any atom is -0.382 e. The van der Waals surface area contributed by atoms with Gasteiger partial charge >= 0.3 is 0 Å². The Morgan fingerprint density at radius 2 is 2.25 bits per heavy atom. The third-order valence-electron chi connectivity index (χ3n) is 2.26. The van der Waals surface area contributed by atoms with Crippen LogP contribution in [0.15, 0.2) is 12.4 Å². The highest BCUT2D eigenvalue weighted by Crippen LogP contribution is 2.23. The van der Waals surface area contributed by atoms with Gasteiger partial charge in [0.25, 0.3) is 0 Å². The molecule has 0 saturated carbocycles. The number of hydrogen-bond donors (Lipinski definition) is 1. The van der Waals surface area contributed by atoms with E-state index in [1.165, 1.54) is 0 Å². The molecule has 0 radical (unpaired) electrons. The van der Waals surface area contributed by atoms with Crippen molar-refractivity contribution in [2.45, 2.75) is 19.6 Å². The largest absolute Gasteiger partial charge is 0.382 e. The molecule has 2 heterocycles. The summed E-state index contributed by atoms with van der Waals surface area (Å²) in [5.74, 6) is 0. The zero-order valence-corrected chi connectivity index (χ0v) is 11.2. The molecular weight excluding hydrogens is 321 g/mol. The van der Waals surface area contributed by atoms with Crippen molar-refractivity contribution in [1.29, 1.82) is 0 Å². The summed E-state index contributed by atoms with van der Waals surface area (Å²) in [5, 5.41) is 22.1. The second-order valence-corrected chi connectivity index (χ2v) is 4.47. The predicted molar refractivity (Wildman–Crippen MR) is 65.7 cm³/mol. The van der Waals surface area contributed by atoms with Crippen LogP contribution in [0.5, 0.6) is 0 Å². The highest BCUT2D eigenvalue weighted by molar-refractivity contribution is 14.1. The van der Waals surface area contributed by atoms with Gasteiger partial charge in [0, 0.05) is 25.4 Å². The topological polar surface area (TPSA) is 68.8 Å². The van der Waals surface area contributed by atoms with E-state index in [9.17, 15) is 5.11 Å². The number of rotatable bonds is 3. The molecule has 6 nitrogen and oxygen atoms in total. The van der Waals surface area contributed by atoms with E-state index in [4.69, 9.17) is 0 Å². The highest BCUT2D eigenvalue weighted by Gasteiger charge is 2.19. The first-order valence-electron chi connectivity index (χ1n) is 4.89. The van der Waals surface area contributed by atoms with Gasteiger partial charge in [-0.15, -0.1) is 5.10 Å². The summed E-state index contributed by atoms with van der Waals surface area (Å²) in [4.78, 5) is 0. The third-order valence-corrected chi connectivity index (χ3v) is 3.10. The van der Waals surface area contributed by atoms with Crippen molar-refractivity contribution >= 4 is 22.6 Å². The Morgan fingerprint density at radius 3 is 2.75 bits per heavy atom. The Morgan fingerprint density at radius 1 is 1.50 bits per heavy atom. The Kier molecular flexibility index (Phi) is 3.24. The van der Waals surface area contributed by atoms with Gasteiger partial charge in [-0.3, -0.25) is 9.36 Å². The van der Waals surface area contributed by atoms with Crippen molar-refractivity contribution in [2.24, 2.45) is 7.05 Å². The van der Waals surface area contributed by atoms with Gasteiger partial charge < -0.3 is 5.11 Å². The van der Waals surface area contributed by atoms with Crippen LogP contribution in [-0.2, 0) is 13.6 Å². The predicted octanol–water partition coefficient (Wildman–Crippen LogP) is 0.718. The van der Waals surface area contributed by atoms with Crippen LogP contribution in [-0.4, -0.2) is 29.9 Å². The number of hydrogen-bond acceptors (Lipinski definition) is 4. The van der Waals surface area contributed by atoms with E-state index in [1.807, 2.05) is 14.0 Å². The van der Waals surface area contributed by atoms with Crippen LogP contribution in [0.4, 0.5) is 0 Å². The molecule has 86 valence electrons. The Bertz CT molecular complexity index is 492. The molecule has 0 bridgehead atoms. The zero-order chi connectivity index (χ0) is 11.7. The molecule has 0 fully saturated rings. The molecule has 1 atom stereocenters. The van der Waals surface area contributed by atoms with Gasteiger partial charge in [-0.05, 0) is 29.5 Å². The Labute approximate surface area is 106 Å². The van der Waals surface area contributed by atoms with Crippen molar-refractivity contribution in [1.82, 2.24) is 24.8 Å². The first-order chi connectivity index (χ1) is 7.61. The standard InChI is InChI=1S/C9H12IN5O/c1-3-15-5-7(11-13-15)8(16)6-4-14(2)12-9(6)10/h4-5,8,16H,3H2,1-2H3. The van der Waals surface area contributed by atoms with Crippen molar-refractivity contribution in [3.05, 3.63) is 27.4 Å². The van der Waals surface area contributed by atoms with E-state index >= 15 is 0 Å². The summed E-state index contributed by atoms with van der Waals surface area (Å²) in [6, 6.07) is 0. The normalized spacial score (nSPS) is 13.0. The number of halogens is 1. The van der Waals surface area contributed by atoms with Gasteiger partial charge in [-0.25, -0.2) is 0 Å². The van der Waals surface area contributed by atoms with Crippen molar-refractivity contribution < 1.29 is 5.11 Å². The SMILES string of the molecule is CCn1cc(C(O)c2cn(C)nc2I)nn1. The number of nitrogens with zero attached hydrogens (tertiary/aromatic N) is 5. The fraction of sp³-hybridized carbons (Fsp3) is 0.444. The fourth-order valence-corrected chi connectivity index (χ4v) is 2.19. The molecule has 0 aromatic carbocycles. The van der Waals surface area contributed by atoms with E-state index < -0.39 is 6.10 Å². The van der Waals surface area contributed by atoms with Crippen LogP contribution in [0.1, 0.15) is 24.3 Å². The lowest BCUT2D eigenvalue weighted by Gasteiger charge is -2.03. The lowest BCUT2D eigenvalue weighted by molar-refractivity contribution is 0.214. The van der Waals surface area contributed by atoms with Gasteiger partial charge in [0.2, 0.25) is 0 Å². The molecule has 7 heteroatoms. The van der Waals surface area contributed by atoms with Gasteiger partial charge in [-0.1, -0.05) is 5.21 Å². The van der Waals surface area contributed by atoms with Gasteiger partial charge in [0.05, 0.1) is 6.20 Å². The maximum absolute atomic E-state index is 10.1. The maximum atomic E-state index is 10.1. The average molecular weight is 333 g/mol. The number of aryl methyl sites for hydroxylation is 2. The number of aromatic nitrogens is 5. The minimum absolute atomic E-state index is 0.549. The summed E-state index contributed by atoms with van der Waals surface area (Å²) in [5.41, 5.74) is 1.30. The molecule has 2 rings (SSSR count). The lowest BCUT2D eigenvalue weighted by atomic mass is 10.1. The first-order valence-corrected chi connectivity index (χ1v) is 5.96. The summed E-state index contributed by atoms with van der Waals surface area (Å²) in [6.07, 6.45) is 2.77. The van der Waals surface area contributed by atoms with Crippen LogP contribution in [0.3, 0.4) is 0 Å². The molecular formula is C9H12IN5O. The molecule has 2 aromatic heterocycles. The van der Waals surface area contributed by atoms with Gasteiger partial charge in [0.15, 0.2) is 0 Å². The van der Waals surface area contributed by atoms with Crippen LogP contribution in [0.25, 0.3) is 0 Å². The molecule has 0 aliphatic carbocycles. The monoisotopic (exact) mass is 333 g/mol. The second-order valence-electron chi connectivity index (χ2n) is 3.45. The van der Waals surface area contributed by atoms with Crippen molar-refractivity contribution in [3.8, 4) is 0 Å². The summed E-state index contributed by atoms with van der Waals surface area (Å²) < 4.78 is 4.13. The van der Waals surface area contributed by atoms with E-state index in [2.05, 4.69) is 38.0 Å². The molecule has 1 unspecified atom stereocenters. The van der Waals surface area contributed by atoms with Gasteiger partial charge in [0.1, 0.15) is 15.5 Å². The lowest BCUT2D eigenvalue weighted by Crippen LogP contribution is -2.00. The smallest absolute Gasteiger partial charge is 0.129 e. The quantitative estimate of drug-likeness (QED) is 0.841. The summed E-state index contributed by atoms with van der Waals surface area (Å²) >= 11 is 2.09. The molecule has 0 aliphatic heterocycles. The Balaban J connectivity index is 2.31. The van der Waals surface area contributed by atoms with Crippen LogP contribution in [0.2, 0.25) is 0 Å². The summed E-state index contributed by atoms with van der Waals surface area (Å²) in [7, 11) is 1.82. The molecule has 2 aromatic rings. The highest BCUT2D eigenvalue weighted by atomic mass is 127. The molecule has 16 heavy (non-hydrogen) atoms. The molecule has 0 aliphatic rings. The fourth-order valence-electron chi connectivity index (χ4n) is 1.42.